The molecule has 0 radical (unpaired) electrons. The highest BCUT2D eigenvalue weighted by Crippen LogP contribution is 2.35. The standard InChI is InChI=1S/C37H37N3O3/c1-3-13-29-22-26(23-34(42-4-2)35(29)43-25-30-18-12-17-27-14-8-9-19-31(27)30)24-38-40-36(28-15-6-5-7-16-28)39-33-21-11-10-20-32(33)37(40)41/h3,8-12,14,17-24,28H,1,4-7,13,15-16,25H2,2H3. The normalized spacial score (nSPS) is 14.0. The zero-order valence-corrected chi connectivity index (χ0v) is 24.7. The smallest absolute Gasteiger partial charge is 0.282 e. The number of hydrogen-bond acceptors (Lipinski definition) is 5. The molecule has 0 bridgehead atoms. The van der Waals surface area contributed by atoms with E-state index < -0.39 is 0 Å². The van der Waals surface area contributed by atoms with E-state index in [4.69, 9.17) is 19.6 Å². The molecule has 1 aliphatic rings. The first-order valence-electron chi connectivity index (χ1n) is 15.2. The van der Waals surface area contributed by atoms with Crippen LogP contribution in [-0.2, 0) is 13.0 Å². The number of hydrogen-bond donors (Lipinski definition) is 0. The van der Waals surface area contributed by atoms with Crippen molar-refractivity contribution in [2.75, 3.05) is 6.61 Å². The Balaban J connectivity index is 1.38. The Morgan fingerprint density at radius 1 is 0.930 bits per heavy atom. The largest absolute Gasteiger partial charge is 0.490 e. The van der Waals surface area contributed by atoms with Gasteiger partial charge in [0, 0.05) is 11.5 Å². The van der Waals surface area contributed by atoms with Gasteiger partial charge in [0.15, 0.2) is 11.5 Å². The molecule has 6 heteroatoms. The first kappa shape index (κ1) is 28.4. The van der Waals surface area contributed by atoms with Crippen molar-refractivity contribution in [3.63, 3.8) is 0 Å². The number of allylic oxidation sites excluding steroid dienone is 1. The van der Waals surface area contributed by atoms with E-state index in [1.54, 1.807) is 6.21 Å². The van der Waals surface area contributed by atoms with Gasteiger partial charge >= 0.3 is 0 Å². The Morgan fingerprint density at radius 2 is 1.70 bits per heavy atom. The summed E-state index contributed by atoms with van der Waals surface area (Å²) in [4.78, 5) is 18.6. The van der Waals surface area contributed by atoms with Crippen molar-refractivity contribution >= 4 is 27.9 Å². The Labute approximate surface area is 252 Å². The molecule has 6 nitrogen and oxygen atoms in total. The van der Waals surface area contributed by atoms with Gasteiger partial charge in [-0.3, -0.25) is 4.79 Å². The van der Waals surface area contributed by atoms with Crippen LogP contribution in [0.1, 0.15) is 67.5 Å². The molecule has 6 rings (SSSR count). The fourth-order valence-electron chi connectivity index (χ4n) is 6.06. The van der Waals surface area contributed by atoms with Crippen LogP contribution < -0.4 is 15.0 Å². The Kier molecular flexibility index (Phi) is 8.64. The number of para-hydroxylation sites is 1. The molecule has 4 aromatic carbocycles. The van der Waals surface area contributed by atoms with Crippen LogP contribution >= 0.6 is 0 Å². The van der Waals surface area contributed by atoms with E-state index in [2.05, 4.69) is 36.9 Å². The second kappa shape index (κ2) is 13.1. The minimum atomic E-state index is -0.145. The fraction of sp³-hybridized carbons (Fsp3) is 0.270. The number of nitrogens with zero attached hydrogens (tertiary/aromatic N) is 3. The van der Waals surface area contributed by atoms with Crippen LogP contribution in [0.3, 0.4) is 0 Å². The lowest BCUT2D eigenvalue weighted by Crippen LogP contribution is -2.25. The van der Waals surface area contributed by atoms with Gasteiger partial charge in [-0.25, -0.2) is 4.98 Å². The third-order valence-electron chi connectivity index (χ3n) is 8.14. The second-order valence-corrected chi connectivity index (χ2v) is 11.0. The van der Waals surface area contributed by atoms with E-state index in [9.17, 15) is 4.79 Å². The van der Waals surface area contributed by atoms with Crippen LogP contribution in [0.4, 0.5) is 0 Å². The highest BCUT2D eigenvalue weighted by Gasteiger charge is 2.22. The van der Waals surface area contributed by atoms with Crippen molar-refractivity contribution in [3.05, 3.63) is 124 Å². The molecule has 1 aromatic heterocycles. The van der Waals surface area contributed by atoms with Gasteiger partial charge in [-0.05, 0) is 72.4 Å². The molecule has 5 aromatic rings. The molecule has 0 atom stereocenters. The van der Waals surface area contributed by atoms with Crippen LogP contribution in [-0.4, -0.2) is 22.5 Å². The van der Waals surface area contributed by atoms with E-state index in [0.29, 0.717) is 36.5 Å². The molecule has 1 aliphatic carbocycles. The molecular formula is C37H37N3O3. The minimum Gasteiger partial charge on any atom is -0.490 e. The predicted octanol–water partition coefficient (Wildman–Crippen LogP) is 8.19. The first-order valence-corrected chi connectivity index (χ1v) is 15.2. The van der Waals surface area contributed by atoms with Crippen LogP contribution in [0, 0.1) is 0 Å². The number of benzene rings is 4. The summed E-state index contributed by atoms with van der Waals surface area (Å²) in [5.41, 5.74) is 3.44. The summed E-state index contributed by atoms with van der Waals surface area (Å²) in [6.07, 6.45) is 9.71. The summed E-state index contributed by atoms with van der Waals surface area (Å²) in [5, 5.41) is 7.67. The first-order chi connectivity index (χ1) is 21.2. The van der Waals surface area contributed by atoms with Crippen molar-refractivity contribution in [2.24, 2.45) is 5.10 Å². The summed E-state index contributed by atoms with van der Waals surface area (Å²) in [6, 6.07) is 26.1. The summed E-state index contributed by atoms with van der Waals surface area (Å²) in [5.74, 6) is 2.29. The predicted molar refractivity (Wildman–Crippen MR) is 175 cm³/mol. The fourth-order valence-corrected chi connectivity index (χ4v) is 6.06. The summed E-state index contributed by atoms with van der Waals surface area (Å²) >= 11 is 0. The third kappa shape index (κ3) is 6.09. The number of ether oxygens (including phenoxy) is 2. The van der Waals surface area contributed by atoms with Gasteiger partial charge < -0.3 is 9.47 Å². The summed E-state index contributed by atoms with van der Waals surface area (Å²) < 4.78 is 14.1. The molecule has 0 spiro atoms. The van der Waals surface area contributed by atoms with Gasteiger partial charge in [0.05, 0.1) is 23.7 Å². The molecule has 1 saturated carbocycles. The zero-order valence-electron chi connectivity index (χ0n) is 24.7. The lowest BCUT2D eigenvalue weighted by atomic mass is 9.88. The van der Waals surface area contributed by atoms with Crippen molar-refractivity contribution in [1.29, 1.82) is 0 Å². The molecule has 1 heterocycles. The molecular weight excluding hydrogens is 534 g/mol. The number of fused-ring (bicyclic) bond motifs is 2. The zero-order chi connectivity index (χ0) is 29.6. The average molecular weight is 572 g/mol. The maximum atomic E-state index is 13.7. The third-order valence-corrected chi connectivity index (χ3v) is 8.14. The second-order valence-electron chi connectivity index (χ2n) is 11.0. The SMILES string of the molecule is C=CCc1cc(C=Nn2c(C3CCCCC3)nc3ccccc3c2=O)cc(OCC)c1OCc1cccc2ccccc12. The lowest BCUT2D eigenvalue weighted by molar-refractivity contribution is 0.268. The van der Waals surface area contributed by atoms with Gasteiger partial charge in [0.2, 0.25) is 0 Å². The van der Waals surface area contributed by atoms with Crippen molar-refractivity contribution in [2.45, 2.75) is 58.0 Å². The Bertz CT molecular complexity index is 1850. The minimum absolute atomic E-state index is 0.145. The maximum Gasteiger partial charge on any atom is 0.282 e. The highest BCUT2D eigenvalue weighted by molar-refractivity contribution is 5.86. The molecule has 1 fully saturated rings. The van der Waals surface area contributed by atoms with Crippen molar-refractivity contribution < 1.29 is 9.47 Å². The van der Waals surface area contributed by atoms with E-state index in [1.165, 1.54) is 21.9 Å². The van der Waals surface area contributed by atoms with Crippen molar-refractivity contribution in [1.82, 2.24) is 9.66 Å². The topological polar surface area (TPSA) is 65.7 Å². The molecule has 0 saturated heterocycles. The van der Waals surface area contributed by atoms with E-state index >= 15 is 0 Å². The molecule has 0 amide bonds. The van der Waals surface area contributed by atoms with Gasteiger partial charge in [-0.2, -0.15) is 9.78 Å². The van der Waals surface area contributed by atoms with Crippen molar-refractivity contribution in [3.8, 4) is 11.5 Å². The molecule has 218 valence electrons. The molecule has 43 heavy (non-hydrogen) atoms. The van der Waals surface area contributed by atoms with E-state index in [1.807, 2.05) is 61.5 Å². The molecule has 0 N–H and O–H groups in total. The van der Waals surface area contributed by atoms with Gasteiger partial charge in [0.1, 0.15) is 12.4 Å². The molecule has 0 unspecified atom stereocenters. The number of aromatic nitrogens is 2. The summed E-state index contributed by atoms with van der Waals surface area (Å²) in [6.45, 7) is 6.82. The Hall–Kier alpha value is -4.71. The van der Waals surface area contributed by atoms with Crippen LogP contribution in [0.2, 0.25) is 0 Å². The van der Waals surface area contributed by atoms with Gasteiger partial charge in [0.25, 0.3) is 5.56 Å². The maximum absolute atomic E-state index is 13.7. The van der Waals surface area contributed by atoms with Gasteiger partial charge in [-0.1, -0.05) is 79.9 Å². The Morgan fingerprint density at radius 3 is 2.51 bits per heavy atom. The summed E-state index contributed by atoms with van der Waals surface area (Å²) in [7, 11) is 0. The van der Waals surface area contributed by atoms with E-state index in [-0.39, 0.29) is 11.5 Å². The van der Waals surface area contributed by atoms with Gasteiger partial charge in [-0.15, -0.1) is 6.58 Å². The number of rotatable bonds is 10. The lowest BCUT2D eigenvalue weighted by Gasteiger charge is -2.22. The van der Waals surface area contributed by atoms with E-state index in [0.717, 1.165) is 53.7 Å². The van der Waals surface area contributed by atoms with Crippen LogP contribution in [0.5, 0.6) is 11.5 Å². The monoisotopic (exact) mass is 571 g/mol. The average Bonchev–Trinajstić information content (AvgIpc) is 3.04. The highest BCUT2D eigenvalue weighted by atomic mass is 16.5. The van der Waals surface area contributed by atoms with Crippen LogP contribution in [0.15, 0.2) is 101 Å². The molecule has 0 aliphatic heterocycles. The van der Waals surface area contributed by atoms with Crippen LogP contribution in [0.25, 0.3) is 21.7 Å². The quantitative estimate of drug-likeness (QED) is 0.125.